The van der Waals surface area contributed by atoms with Crippen molar-refractivity contribution in [1.82, 2.24) is 5.32 Å². The second-order valence-electron chi connectivity index (χ2n) is 4.87. The normalized spacial score (nSPS) is 13.5. The van der Waals surface area contributed by atoms with Crippen LogP contribution >= 0.6 is 11.6 Å². The van der Waals surface area contributed by atoms with Crippen molar-refractivity contribution < 1.29 is 0 Å². The fourth-order valence-corrected chi connectivity index (χ4v) is 2.53. The van der Waals surface area contributed by atoms with Gasteiger partial charge < -0.3 is 5.32 Å². The van der Waals surface area contributed by atoms with Crippen molar-refractivity contribution in [2.45, 2.75) is 25.9 Å². The molecular formula is C17H17ClN2. The number of hydrogen-bond donors (Lipinski definition) is 1. The van der Waals surface area contributed by atoms with Crippen molar-refractivity contribution >= 4 is 11.6 Å². The summed E-state index contributed by atoms with van der Waals surface area (Å²) in [4.78, 5) is 0. The Morgan fingerprint density at radius 1 is 1.00 bits per heavy atom. The first-order chi connectivity index (χ1) is 9.61. The average molecular weight is 285 g/mol. The van der Waals surface area contributed by atoms with Crippen LogP contribution in [0.3, 0.4) is 0 Å². The first-order valence-corrected chi connectivity index (χ1v) is 7.00. The molecule has 2 aromatic carbocycles. The summed E-state index contributed by atoms with van der Waals surface area (Å²) >= 11 is 6.21. The molecule has 0 radical (unpaired) electrons. The molecule has 2 aromatic rings. The standard InChI is InChI=1S/C17H17ClN2/c1-12(15-9-7-14(11-19)8-10-15)20-13(2)16-5-3-4-6-17(16)18/h3-10,12-13,20H,1-2H3/t12?,13-/m0/s1. The summed E-state index contributed by atoms with van der Waals surface area (Å²) in [6, 6.07) is 18.0. The summed E-state index contributed by atoms with van der Waals surface area (Å²) in [6.07, 6.45) is 0. The van der Waals surface area contributed by atoms with Crippen LogP contribution in [0.25, 0.3) is 0 Å². The van der Waals surface area contributed by atoms with Crippen LogP contribution in [0.5, 0.6) is 0 Å². The second-order valence-corrected chi connectivity index (χ2v) is 5.27. The number of nitrogens with one attached hydrogen (secondary N) is 1. The Labute approximate surface area is 125 Å². The fourth-order valence-electron chi connectivity index (χ4n) is 2.23. The molecule has 0 saturated heterocycles. The number of benzene rings is 2. The van der Waals surface area contributed by atoms with Crippen LogP contribution in [0.2, 0.25) is 5.02 Å². The lowest BCUT2D eigenvalue weighted by Gasteiger charge is -2.21. The predicted molar refractivity (Wildman–Crippen MR) is 82.6 cm³/mol. The first-order valence-electron chi connectivity index (χ1n) is 6.62. The van der Waals surface area contributed by atoms with Gasteiger partial charge in [0.25, 0.3) is 0 Å². The molecular weight excluding hydrogens is 268 g/mol. The Balaban J connectivity index is 2.09. The summed E-state index contributed by atoms with van der Waals surface area (Å²) in [5, 5.41) is 13.1. The van der Waals surface area contributed by atoms with Crippen LogP contribution in [0.15, 0.2) is 48.5 Å². The van der Waals surface area contributed by atoms with E-state index in [9.17, 15) is 0 Å². The van der Waals surface area contributed by atoms with Crippen molar-refractivity contribution in [3.05, 3.63) is 70.2 Å². The quantitative estimate of drug-likeness (QED) is 0.889. The molecule has 0 spiro atoms. The molecule has 2 atom stereocenters. The maximum absolute atomic E-state index is 8.81. The minimum Gasteiger partial charge on any atom is -0.304 e. The average Bonchev–Trinajstić information content (AvgIpc) is 2.47. The molecule has 0 aromatic heterocycles. The van der Waals surface area contributed by atoms with E-state index in [1.165, 1.54) is 0 Å². The first kappa shape index (κ1) is 14.6. The van der Waals surface area contributed by atoms with E-state index in [4.69, 9.17) is 16.9 Å². The Morgan fingerprint density at radius 2 is 1.65 bits per heavy atom. The summed E-state index contributed by atoms with van der Waals surface area (Å²) in [5.41, 5.74) is 2.93. The number of nitriles is 1. The van der Waals surface area contributed by atoms with Crippen LogP contribution < -0.4 is 5.32 Å². The van der Waals surface area contributed by atoms with Gasteiger partial charge in [-0.25, -0.2) is 0 Å². The summed E-state index contributed by atoms with van der Waals surface area (Å²) in [7, 11) is 0. The fraction of sp³-hybridized carbons (Fsp3) is 0.235. The molecule has 1 unspecified atom stereocenters. The van der Waals surface area contributed by atoms with Crippen molar-refractivity contribution in [2.75, 3.05) is 0 Å². The van der Waals surface area contributed by atoms with Gasteiger partial charge in [-0.05, 0) is 43.2 Å². The van der Waals surface area contributed by atoms with Gasteiger partial charge in [0, 0.05) is 17.1 Å². The van der Waals surface area contributed by atoms with Crippen LogP contribution in [-0.2, 0) is 0 Å². The van der Waals surface area contributed by atoms with E-state index in [0.717, 1.165) is 16.1 Å². The molecule has 2 nitrogen and oxygen atoms in total. The lowest BCUT2D eigenvalue weighted by atomic mass is 10.0. The molecule has 0 saturated carbocycles. The van der Waals surface area contributed by atoms with Crippen LogP contribution in [0.1, 0.15) is 42.6 Å². The van der Waals surface area contributed by atoms with Gasteiger partial charge in [-0.2, -0.15) is 5.26 Å². The van der Waals surface area contributed by atoms with E-state index in [0.29, 0.717) is 5.56 Å². The maximum atomic E-state index is 8.81. The van der Waals surface area contributed by atoms with E-state index in [1.54, 1.807) is 0 Å². The number of nitrogens with zero attached hydrogens (tertiary/aromatic N) is 1. The highest BCUT2D eigenvalue weighted by Crippen LogP contribution is 2.25. The number of rotatable bonds is 4. The summed E-state index contributed by atoms with van der Waals surface area (Å²) < 4.78 is 0. The smallest absolute Gasteiger partial charge is 0.0991 e. The molecule has 0 fully saturated rings. The molecule has 0 amide bonds. The third-order valence-electron chi connectivity index (χ3n) is 3.41. The monoisotopic (exact) mass is 284 g/mol. The van der Waals surface area contributed by atoms with E-state index in [-0.39, 0.29) is 12.1 Å². The zero-order valence-electron chi connectivity index (χ0n) is 11.6. The van der Waals surface area contributed by atoms with Crippen LogP contribution in [0.4, 0.5) is 0 Å². The van der Waals surface area contributed by atoms with Crippen LogP contribution in [0, 0.1) is 11.3 Å². The number of halogens is 1. The van der Waals surface area contributed by atoms with Gasteiger partial charge in [0.2, 0.25) is 0 Å². The zero-order valence-corrected chi connectivity index (χ0v) is 12.4. The van der Waals surface area contributed by atoms with E-state index in [2.05, 4.69) is 25.2 Å². The Morgan fingerprint density at radius 3 is 2.25 bits per heavy atom. The predicted octanol–water partition coefficient (Wildman–Crippen LogP) is 4.62. The molecule has 0 aliphatic heterocycles. The minimum absolute atomic E-state index is 0.161. The van der Waals surface area contributed by atoms with Crippen LogP contribution in [-0.4, -0.2) is 0 Å². The minimum atomic E-state index is 0.161. The summed E-state index contributed by atoms with van der Waals surface area (Å²) in [6.45, 7) is 4.20. The van der Waals surface area contributed by atoms with Crippen molar-refractivity contribution in [2.24, 2.45) is 0 Å². The summed E-state index contributed by atoms with van der Waals surface area (Å²) in [5.74, 6) is 0. The Kier molecular flexibility index (Phi) is 4.79. The third kappa shape index (κ3) is 3.39. The van der Waals surface area contributed by atoms with E-state index >= 15 is 0 Å². The van der Waals surface area contributed by atoms with Gasteiger partial charge in [-0.3, -0.25) is 0 Å². The van der Waals surface area contributed by atoms with Crippen molar-refractivity contribution in [3.8, 4) is 6.07 Å². The highest BCUT2D eigenvalue weighted by atomic mass is 35.5. The molecule has 1 N–H and O–H groups in total. The Bertz CT molecular complexity index is 614. The third-order valence-corrected chi connectivity index (χ3v) is 3.76. The second kappa shape index (κ2) is 6.56. The topological polar surface area (TPSA) is 35.8 Å². The highest BCUT2D eigenvalue weighted by molar-refractivity contribution is 6.31. The van der Waals surface area contributed by atoms with Crippen molar-refractivity contribution in [1.29, 1.82) is 5.26 Å². The SMILES string of the molecule is CC(N[C@@H](C)c1ccccc1Cl)c1ccc(C#N)cc1. The van der Waals surface area contributed by atoms with Crippen molar-refractivity contribution in [3.63, 3.8) is 0 Å². The molecule has 2 rings (SSSR count). The van der Waals surface area contributed by atoms with Gasteiger partial charge >= 0.3 is 0 Å². The van der Waals surface area contributed by atoms with Gasteiger partial charge in [0.1, 0.15) is 0 Å². The molecule has 0 heterocycles. The molecule has 0 bridgehead atoms. The lowest BCUT2D eigenvalue weighted by molar-refractivity contribution is 0.495. The molecule has 102 valence electrons. The maximum Gasteiger partial charge on any atom is 0.0991 e. The lowest BCUT2D eigenvalue weighted by Crippen LogP contribution is -2.22. The van der Waals surface area contributed by atoms with E-state index < -0.39 is 0 Å². The molecule has 20 heavy (non-hydrogen) atoms. The van der Waals surface area contributed by atoms with Gasteiger partial charge in [-0.1, -0.05) is 41.9 Å². The zero-order chi connectivity index (χ0) is 14.5. The largest absolute Gasteiger partial charge is 0.304 e. The molecule has 0 aliphatic rings. The van der Waals surface area contributed by atoms with Gasteiger partial charge in [0.05, 0.1) is 11.6 Å². The Hall–Kier alpha value is -1.82. The van der Waals surface area contributed by atoms with E-state index in [1.807, 2.05) is 48.5 Å². The highest BCUT2D eigenvalue weighted by Gasteiger charge is 2.13. The van der Waals surface area contributed by atoms with Gasteiger partial charge in [-0.15, -0.1) is 0 Å². The number of hydrogen-bond acceptors (Lipinski definition) is 2. The molecule has 0 aliphatic carbocycles. The molecule has 3 heteroatoms. The van der Waals surface area contributed by atoms with Gasteiger partial charge in [0.15, 0.2) is 0 Å².